The number of hydrogen-bond acceptors (Lipinski definition) is 2. The third-order valence-electron chi connectivity index (χ3n) is 3.65. The molecule has 0 aliphatic carbocycles. The van der Waals surface area contributed by atoms with Gasteiger partial charge in [-0.25, -0.2) is 4.39 Å². The lowest BCUT2D eigenvalue weighted by atomic mass is 10.0. The lowest BCUT2D eigenvalue weighted by Gasteiger charge is -2.12. The number of rotatable bonds is 6. The molecular formula is C18H21FN2O. The maximum atomic E-state index is 13.0. The molecule has 0 heterocycles. The van der Waals surface area contributed by atoms with Gasteiger partial charge >= 0.3 is 0 Å². The highest BCUT2D eigenvalue weighted by atomic mass is 19.1. The van der Waals surface area contributed by atoms with Crippen LogP contribution < -0.4 is 11.1 Å². The summed E-state index contributed by atoms with van der Waals surface area (Å²) in [5, 5.41) is 2.86. The fourth-order valence-electron chi connectivity index (χ4n) is 2.37. The number of nitrogens with one attached hydrogen (secondary N) is 1. The van der Waals surface area contributed by atoms with E-state index in [0.29, 0.717) is 13.0 Å². The van der Waals surface area contributed by atoms with Crippen LogP contribution in [0.25, 0.3) is 0 Å². The topological polar surface area (TPSA) is 55.1 Å². The zero-order valence-electron chi connectivity index (χ0n) is 12.7. The number of hydrogen-bond donors (Lipinski definition) is 2. The van der Waals surface area contributed by atoms with Crippen LogP contribution in [0.5, 0.6) is 0 Å². The first-order valence-electron chi connectivity index (χ1n) is 7.38. The first kappa shape index (κ1) is 16.2. The predicted molar refractivity (Wildman–Crippen MR) is 85.8 cm³/mol. The molecule has 1 atom stereocenters. The average molecular weight is 300 g/mol. The Balaban J connectivity index is 1.78. The van der Waals surface area contributed by atoms with Crippen LogP contribution in [0.3, 0.4) is 0 Å². The largest absolute Gasteiger partial charge is 0.356 e. The first-order valence-corrected chi connectivity index (χ1v) is 7.38. The summed E-state index contributed by atoms with van der Waals surface area (Å²) in [5.41, 5.74) is 8.90. The van der Waals surface area contributed by atoms with Gasteiger partial charge in [0.25, 0.3) is 0 Å². The summed E-state index contributed by atoms with van der Waals surface area (Å²) in [6, 6.07) is 14.0. The van der Waals surface area contributed by atoms with Gasteiger partial charge in [0.05, 0.1) is 0 Å². The number of carbonyl (C=O) groups is 1. The summed E-state index contributed by atoms with van der Waals surface area (Å²) in [6.45, 7) is 2.39. The lowest BCUT2D eigenvalue weighted by molar-refractivity contribution is -0.121. The molecule has 0 aliphatic rings. The fourth-order valence-corrected chi connectivity index (χ4v) is 2.37. The molecule has 3 N–H and O–H groups in total. The highest BCUT2D eigenvalue weighted by Crippen LogP contribution is 2.13. The van der Waals surface area contributed by atoms with Gasteiger partial charge in [-0.3, -0.25) is 4.79 Å². The van der Waals surface area contributed by atoms with E-state index < -0.39 is 0 Å². The van der Waals surface area contributed by atoms with Crippen molar-refractivity contribution in [2.45, 2.75) is 25.8 Å². The van der Waals surface area contributed by atoms with Gasteiger partial charge in [0.1, 0.15) is 5.82 Å². The molecule has 2 rings (SSSR count). The highest BCUT2D eigenvalue weighted by Gasteiger charge is 2.11. The zero-order chi connectivity index (χ0) is 15.9. The highest BCUT2D eigenvalue weighted by molar-refractivity contribution is 5.76. The minimum absolute atomic E-state index is 0.0730. The molecule has 0 radical (unpaired) electrons. The Kier molecular flexibility index (Phi) is 5.67. The molecular weight excluding hydrogens is 279 g/mol. The molecule has 0 saturated carbocycles. The Bertz CT molecular complexity index is 628. The van der Waals surface area contributed by atoms with E-state index in [1.807, 2.05) is 37.3 Å². The molecule has 0 spiro atoms. The second kappa shape index (κ2) is 7.71. The van der Waals surface area contributed by atoms with Crippen LogP contribution in [-0.2, 0) is 11.2 Å². The summed E-state index contributed by atoms with van der Waals surface area (Å²) in [5.74, 6) is -0.310. The van der Waals surface area contributed by atoms with Gasteiger partial charge in [-0.05, 0) is 42.2 Å². The van der Waals surface area contributed by atoms with E-state index in [0.717, 1.165) is 16.7 Å². The van der Waals surface area contributed by atoms with Gasteiger partial charge in [0, 0.05) is 19.0 Å². The number of nitrogens with two attached hydrogens (primary N) is 1. The number of aryl methyl sites for hydroxylation is 1. The van der Waals surface area contributed by atoms with Gasteiger partial charge in [0.15, 0.2) is 0 Å². The van der Waals surface area contributed by atoms with Gasteiger partial charge < -0.3 is 11.1 Å². The third-order valence-corrected chi connectivity index (χ3v) is 3.65. The molecule has 2 aromatic rings. The number of amides is 1. The van der Waals surface area contributed by atoms with Gasteiger partial charge in [-0.2, -0.15) is 0 Å². The van der Waals surface area contributed by atoms with Crippen molar-refractivity contribution in [2.24, 2.45) is 5.73 Å². The summed E-state index contributed by atoms with van der Waals surface area (Å²) in [7, 11) is 0. The Morgan fingerprint density at radius 3 is 2.64 bits per heavy atom. The van der Waals surface area contributed by atoms with Crippen molar-refractivity contribution in [2.75, 3.05) is 6.54 Å². The quantitative estimate of drug-likeness (QED) is 0.862. The molecule has 22 heavy (non-hydrogen) atoms. The third kappa shape index (κ3) is 4.67. The molecule has 1 amide bonds. The normalized spacial score (nSPS) is 12.0. The molecule has 0 aromatic heterocycles. The average Bonchev–Trinajstić information content (AvgIpc) is 2.50. The van der Waals surface area contributed by atoms with Crippen LogP contribution in [0, 0.1) is 12.7 Å². The van der Waals surface area contributed by atoms with Crippen molar-refractivity contribution in [3.05, 3.63) is 71.0 Å². The molecule has 2 aromatic carbocycles. The van der Waals surface area contributed by atoms with Crippen molar-refractivity contribution >= 4 is 5.91 Å². The van der Waals surface area contributed by atoms with Crippen LogP contribution in [-0.4, -0.2) is 12.5 Å². The summed E-state index contributed by atoms with van der Waals surface area (Å²) in [4.78, 5) is 11.9. The van der Waals surface area contributed by atoms with E-state index in [2.05, 4.69) is 5.32 Å². The monoisotopic (exact) mass is 300 g/mol. The lowest BCUT2D eigenvalue weighted by Crippen LogP contribution is -2.29. The zero-order valence-corrected chi connectivity index (χ0v) is 12.7. The first-order chi connectivity index (χ1) is 10.6. The second-order valence-corrected chi connectivity index (χ2v) is 5.39. The van der Waals surface area contributed by atoms with Gasteiger partial charge in [-0.1, -0.05) is 36.4 Å². The minimum Gasteiger partial charge on any atom is -0.356 e. The Morgan fingerprint density at radius 2 is 1.95 bits per heavy atom. The summed E-state index contributed by atoms with van der Waals surface area (Å²) >= 11 is 0. The smallest absolute Gasteiger partial charge is 0.221 e. The van der Waals surface area contributed by atoms with Crippen LogP contribution in [0.2, 0.25) is 0 Å². The fraction of sp³-hybridized carbons (Fsp3) is 0.278. The molecule has 1 unspecified atom stereocenters. The van der Waals surface area contributed by atoms with Crippen LogP contribution in [0.15, 0.2) is 48.5 Å². The van der Waals surface area contributed by atoms with E-state index >= 15 is 0 Å². The SMILES string of the molecule is Cc1cc(F)ccc1CCNC(=O)CC(N)c1ccccc1. The molecule has 116 valence electrons. The van der Waals surface area contributed by atoms with E-state index in [4.69, 9.17) is 5.73 Å². The van der Waals surface area contributed by atoms with E-state index in [1.165, 1.54) is 12.1 Å². The number of carbonyl (C=O) groups excluding carboxylic acids is 1. The molecule has 0 aliphatic heterocycles. The Labute approximate surface area is 130 Å². The van der Waals surface area contributed by atoms with Crippen molar-refractivity contribution in [3.8, 4) is 0 Å². The van der Waals surface area contributed by atoms with Crippen molar-refractivity contribution in [3.63, 3.8) is 0 Å². The van der Waals surface area contributed by atoms with E-state index in [1.54, 1.807) is 6.07 Å². The van der Waals surface area contributed by atoms with Gasteiger partial charge in [0.2, 0.25) is 5.91 Å². The standard InChI is InChI=1S/C18H21FN2O/c1-13-11-16(19)8-7-14(13)9-10-21-18(22)12-17(20)15-5-3-2-4-6-15/h2-8,11,17H,9-10,12,20H2,1H3,(H,21,22). The molecule has 4 heteroatoms. The number of benzene rings is 2. The Morgan fingerprint density at radius 1 is 1.23 bits per heavy atom. The van der Waals surface area contributed by atoms with E-state index in [-0.39, 0.29) is 24.2 Å². The van der Waals surface area contributed by atoms with Crippen LogP contribution in [0.4, 0.5) is 4.39 Å². The number of halogens is 1. The van der Waals surface area contributed by atoms with Crippen molar-refractivity contribution in [1.82, 2.24) is 5.32 Å². The molecule has 0 fully saturated rings. The predicted octanol–water partition coefficient (Wildman–Crippen LogP) is 2.88. The Hall–Kier alpha value is -2.20. The summed E-state index contributed by atoms with van der Waals surface area (Å²) in [6.07, 6.45) is 0.935. The van der Waals surface area contributed by atoms with Gasteiger partial charge in [-0.15, -0.1) is 0 Å². The maximum absolute atomic E-state index is 13.0. The van der Waals surface area contributed by atoms with Crippen LogP contribution in [0.1, 0.15) is 29.2 Å². The van der Waals surface area contributed by atoms with Crippen LogP contribution >= 0.6 is 0 Å². The second-order valence-electron chi connectivity index (χ2n) is 5.39. The maximum Gasteiger partial charge on any atom is 0.221 e. The minimum atomic E-state index is -0.297. The molecule has 0 saturated heterocycles. The van der Waals surface area contributed by atoms with E-state index in [9.17, 15) is 9.18 Å². The molecule has 0 bridgehead atoms. The molecule has 3 nitrogen and oxygen atoms in total. The van der Waals surface area contributed by atoms with Crippen molar-refractivity contribution < 1.29 is 9.18 Å². The summed E-state index contributed by atoms with van der Waals surface area (Å²) < 4.78 is 13.0. The van der Waals surface area contributed by atoms with Crippen molar-refractivity contribution in [1.29, 1.82) is 0 Å².